The second-order valence-electron chi connectivity index (χ2n) is 4.23. The van der Waals surface area contributed by atoms with Gasteiger partial charge in [0, 0.05) is 7.05 Å². The predicted octanol–water partition coefficient (Wildman–Crippen LogP) is 1.01. The lowest BCUT2D eigenvalue weighted by atomic mass is 10.3. The zero-order valence-corrected chi connectivity index (χ0v) is 11.6. The topological polar surface area (TPSA) is 76.1 Å². The number of carbonyl (C=O) groups is 2. The molecule has 0 spiro atoms. The van der Waals surface area contributed by atoms with Crippen LogP contribution in [0.3, 0.4) is 0 Å². The lowest BCUT2D eigenvalue weighted by Gasteiger charge is -2.21. The summed E-state index contributed by atoms with van der Waals surface area (Å²) in [6, 6.07) is 8.40. The standard InChI is InChI=1S/C14H19NO5/c1-11(14(17)18)15(2)13(16)10-19-8-9-20-12-6-4-3-5-7-12/h3-7,11H,8-10H2,1-2H3,(H,17,18). The molecule has 1 aromatic rings. The van der Waals surface area contributed by atoms with Gasteiger partial charge in [-0.2, -0.15) is 0 Å². The average Bonchev–Trinajstić information content (AvgIpc) is 2.46. The van der Waals surface area contributed by atoms with E-state index in [0.717, 1.165) is 10.6 Å². The van der Waals surface area contributed by atoms with Crippen molar-refractivity contribution < 1.29 is 24.2 Å². The van der Waals surface area contributed by atoms with Gasteiger partial charge in [0.2, 0.25) is 5.91 Å². The first-order valence-corrected chi connectivity index (χ1v) is 6.26. The van der Waals surface area contributed by atoms with Crippen molar-refractivity contribution >= 4 is 11.9 Å². The molecule has 110 valence electrons. The molecule has 1 N–H and O–H groups in total. The Labute approximate surface area is 117 Å². The molecule has 0 radical (unpaired) electrons. The van der Waals surface area contributed by atoms with E-state index in [0.29, 0.717) is 6.61 Å². The summed E-state index contributed by atoms with van der Waals surface area (Å²) < 4.78 is 10.5. The van der Waals surface area contributed by atoms with Crippen molar-refractivity contribution in [2.75, 3.05) is 26.9 Å². The molecule has 0 saturated heterocycles. The van der Waals surface area contributed by atoms with Crippen LogP contribution in [0.1, 0.15) is 6.92 Å². The number of benzene rings is 1. The monoisotopic (exact) mass is 281 g/mol. The molecule has 20 heavy (non-hydrogen) atoms. The van der Waals surface area contributed by atoms with Crippen molar-refractivity contribution in [2.24, 2.45) is 0 Å². The van der Waals surface area contributed by atoms with Crippen molar-refractivity contribution in [3.05, 3.63) is 30.3 Å². The third-order valence-electron chi connectivity index (χ3n) is 2.80. The Hall–Kier alpha value is -2.08. The highest BCUT2D eigenvalue weighted by atomic mass is 16.5. The molecule has 0 aliphatic heterocycles. The molecule has 6 nitrogen and oxygen atoms in total. The van der Waals surface area contributed by atoms with Crippen molar-refractivity contribution in [3.63, 3.8) is 0 Å². The Morgan fingerprint density at radius 1 is 1.25 bits per heavy atom. The highest BCUT2D eigenvalue weighted by molar-refractivity contribution is 5.83. The van der Waals surface area contributed by atoms with Crippen molar-refractivity contribution in [2.45, 2.75) is 13.0 Å². The average molecular weight is 281 g/mol. The molecule has 0 fully saturated rings. The van der Waals surface area contributed by atoms with Gasteiger partial charge in [-0.15, -0.1) is 0 Å². The van der Waals surface area contributed by atoms with Crippen LogP contribution in [-0.4, -0.2) is 54.8 Å². The fraction of sp³-hybridized carbons (Fsp3) is 0.429. The molecule has 1 rings (SSSR count). The van der Waals surface area contributed by atoms with Crippen LogP contribution in [-0.2, 0) is 14.3 Å². The lowest BCUT2D eigenvalue weighted by Crippen LogP contribution is -2.42. The van der Waals surface area contributed by atoms with E-state index < -0.39 is 12.0 Å². The van der Waals surface area contributed by atoms with Crippen molar-refractivity contribution in [3.8, 4) is 5.75 Å². The number of carboxylic acids is 1. The van der Waals surface area contributed by atoms with Crippen LogP contribution in [0.15, 0.2) is 30.3 Å². The number of rotatable bonds is 8. The smallest absolute Gasteiger partial charge is 0.326 e. The minimum absolute atomic E-state index is 0.160. The van der Waals surface area contributed by atoms with Crippen LogP contribution in [0, 0.1) is 0 Å². The minimum Gasteiger partial charge on any atom is -0.491 e. The maximum atomic E-state index is 11.6. The van der Waals surface area contributed by atoms with Crippen molar-refractivity contribution in [1.82, 2.24) is 4.90 Å². The van der Waals surface area contributed by atoms with E-state index in [4.69, 9.17) is 14.6 Å². The summed E-state index contributed by atoms with van der Waals surface area (Å²) in [6.07, 6.45) is 0. The largest absolute Gasteiger partial charge is 0.491 e. The third-order valence-corrected chi connectivity index (χ3v) is 2.80. The first-order chi connectivity index (χ1) is 9.52. The van der Waals surface area contributed by atoms with E-state index in [1.807, 2.05) is 30.3 Å². The molecule has 1 atom stereocenters. The minimum atomic E-state index is -1.05. The summed E-state index contributed by atoms with van der Waals surface area (Å²) in [7, 11) is 1.44. The first kappa shape index (κ1) is 16.0. The Balaban J connectivity index is 2.18. The Morgan fingerprint density at radius 2 is 1.90 bits per heavy atom. The van der Waals surface area contributed by atoms with E-state index in [1.165, 1.54) is 14.0 Å². The number of hydrogen-bond donors (Lipinski definition) is 1. The molecular weight excluding hydrogens is 262 g/mol. The number of aliphatic carboxylic acids is 1. The molecular formula is C14H19NO5. The Kier molecular flexibility index (Phi) is 6.52. The second-order valence-corrected chi connectivity index (χ2v) is 4.23. The summed E-state index contributed by atoms with van der Waals surface area (Å²) in [6.45, 7) is 1.87. The van der Waals surface area contributed by atoms with E-state index >= 15 is 0 Å². The molecule has 6 heteroatoms. The predicted molar refractivity (Wildman–Crippen MR) is 72.6 cm³/mol. The molecule has 0 heterocycles. The van der Waals surface area contributed by atoms with Crippen LogP contribution in [0.25, 0.3) is 0 Å². The van der Waals surface area contributed by atoms with Crippen LogP contribution in [0.4, 0.5) is 0 Å². The Morgan fingerprint density at radius 3 is 2.50 bits per heavy atom. The summed E-state index contributed by atoms with van der Waals surface area (Å²) in [5.41, 5.74) is 0. The summed E-state index contributed by atoms with van der Waals surface area (Å²) in [4.78, 5) is 23.5. The molecule has 1 amide bonds. The van der Waals surface area contributed by atoms with Gasteiger partial charge in [0.25, 0.3) is 0 Å². The van der Waals surface area contributed by atoms with Crippen LogP contribution in [0.5, 0.6) is 5.75 Å². The fourth-order valence-electron chi connectivity index (χ4n) is 1.38. The molecule has 1 aromatic carbocycles. The van der Waals surface area contributed by atoms with Gasteiger partial charge >= 0.3 is 5.97 Å². The quantitative estimate of drug-likeness (QED) is 0.720. The maximum absolute atomic E-state index is 11.6. The summed E-state index contributed by atoms with van der Waals surface area (Å²) in [5.74, 6) is -0.688. The third kappa shape index (κ3) is 5.27. The second kappa shape index (κ2) is 8.16. The van der Waals surface area contributed by atoms with E-state index in [2.05, 4.69) is 0 Å². The molecule has 0 saturated carbocycles. The molecule has 0 aliphatic rings. The number of carbonyl (C=O) groups excluding carboxylic acids is 1. The summed E-state index contributed by atoms with van der Waals surface area (Å²) in [5, 5.41) is 8.78. The fourth-order valence-corrected chi connectivity index (χ4v) is 1.38. The zero-order valence-electron chi connectivity index (χ0n) is 11.6. The van der Waals surface area contributed by atoms with E-state index in [-0.39, 0.29) is 19.1 Å². The molecule has 0 aliphatic carbocycles. The van der Waals surface area contributed by atoms with Crippen LogP contribution < -0.4 is 4.74 Å². The molecule has 0 bridgehead atoms. The number of nitrogens with zero attached hydrogens (tertiary/aromatic N) is 1. The number of likely N-dealkylation sites (N-methyl/N-ethyl adjacent to an activating group) is 1. The van der Waals surface area contributed by atoms with E-state index in [1.54, 1.807) is 0 Å². The number of carboxylic acid groups (broad SMARTS) is 1. The van der Waals surface area contributed by atoms with Crippen molar-refractivity contribution in [1.29, 1.82) is 0 Å². The zero-order chi connectivity index (χ0) is 15.0. The normalized spacial score (nSPS) is 11.7. The van der Waals surface area contributed by atoms with Gasteiger partial charge in [-0.1, -0.05) is 18.2 Å². The molecule has 1 unspecified atom stereocenters. The maximum Gasteiger partial charge on any atom is 0.326 e. The van der Waals surface area contributed by atoms with Gasteiger partial charge in [-0.05, 0) is 19.1 Å². The number of ether oxygens (including phenoxy) is 2. The van der Waals surface area contributed by atoms with Gasteiger partial charge in [0.15, 0.2) is 0 Å². The first-order valence-electron chi connectivity index (χ1n) is 6.26. The number of amides is 1. The van der Waals surface area contributed by atoms with Gasteiger partial charge < -0.3 is 19.5 Å². The number of hydrogen-bond acceptors (Lipinski definition) is 4. The highest BCUT2D eigenvalue weighted by Gasteiger charge is 2.21. The van der Waals surface area contributed by atoms with Crippen LogP contribution in [0.2, 0.25) is 0 Å². The van der Waals surface area contributed by atoms with Crippen LogP contribution >= 0.6 is 0 Å². The Bertz CT molecular complexity index is 434. The van der Waals surface area contributed by atoms with Gasteiger partial charge in [0.05, 0.1) is 6.61 Å². The lowest BCUT2D eigenvalue weighted by molar-refractivity contribution is -0.150. The van der Waals surface area contributed by atoms with Gasteiger partial charge in [-0.25, -0.2) is 4.79 Å². The van der Waals surface area contributed by atoms with E-state index in [9.17, 15) is 9.59 Å². The highest BCUT2D eigenvalue weighted by Crippen LogP contribution is 2.07. The SMILES string of the molecule is CC(C(=O)O)N(C)C(=O)COCCOc1ccccc1. The van der Waals surface area contributed by atoms with Gasteiger partial charge in [-0.3, -0.25) is 4.79 Å². The number of para-hydroxylation sites is 1. The molecule has 0 aromatic heterocycles. The van der Waals surface area contributed by atoms with Gasteiger partial charge in [0.1, 0.15) is 25.0 Å². The summed E-state index contributed by atoms with van der Waals surface area (Å²) >= 11 is 0.